The lowest BCUT2D eigenvalue weighted by Gasteiger charge is -2.37. The quantitative estimate of drug-likeness (QED) is 0.748. The second-order valence-electron chi connectivity index (χ2n) is 4.53. The van der Waals surface area contributed by atoms with Crippen molar-refractivity contribution in [2.24, 2.45) is 5.92 Å². The number of aliphatic hydroxyl groups excluding tert-OH is 1. The van der Waals surface area contributed by atoms with Crippen LogP contribution in [0.2, 0.25) is 0 Å². The van der Waals surface area contributed by atoms with Gasteiger partial charge in [0.15, 0.2) is 0 Å². The van der Waals surface area contributed by atoms with Crippen molar-refractivity contribution >= 4 is 11.4 Å². The van der Waals surface area contributed by atoms with Crippen LogP contribution in [0.15, 0.2) is 24.3 Å². The summed E-state index contributed by atoms with van der Waals surface area (Å²) in [5, 5.41) is 9.85. The third-order valence-electron chi connectivity index (χ3n) is 3.50. The van der Waals surface area contributed by atoms with Gasteiger partial charge in [-0.15, -0.1) is 0 Å². The van der Waals surface area contributed by atoms with E-state index in [1.54, 1.807) is 0 Å². The van der Waals surface area contributed by atoms with E-state index in [1.807, 2.05) is 18.2 Å². The van der Waals surface area contributed by atoms with Crippen molar-refractivity contribution in [3.63, 3.8) is 0 Å². The van der Waals surface area contributed by atoms with Crippen LogP contribution in [-0.2, 0) is 0 Å². The molecule has 1 aromatic rings. The minimum Gasteiger partial charge on any atom is -0.397 e. The fourth-order valence-electron chi connectivity index (χ4n) is 2.42. The first-order chi connectivity index (χ1) is 7.72. The molecule has 1 fully saturated rings. The van der Waals surface area contributed by atoms with Crippen molar-refractivity contribution in [2.75, 3.05) is 23.7 Å². The third-order valence-corrected chi connectivity index (χ3v) is 3.50. The number of nitrogens with two attached hydrogens (primary N) is 1. The molecule has 1 saturated heterocycles. The molecule has 1 aliphatic rings. The first-order valence-corrected chi connectivity index (χ1v) is 6.00. The molecule has 0 aromatic heterocycles. The van der Waals surface area contributed by atoms with Crippen LogP contribution in [0.1, 0.15) is 19.8 Å². The zero-order chi connectivity index (χ0) is 11.5. The molecule has 3 N–H and O–H groups in total. The van der Waals surface area contributed by atoms with Gasteiger partial charge in [-0.1, -0.05) is 19.1 Å². The predicted molar refractivity (Wildman–Crippen MR) is 67.5 cm³/mol. The van der Waals surface area contributed by atoms with E-state index in [0.717, 1.165) is 37.3 Å². The first kappa shape index (κ1) is 11.3. The standard InChI is InChI=1S/C13H20N2O/c1-2-10-9-15(8-7-13(10)16)12-6-4-3-5-11(12)14/h3-6,10,13,16H,2,7-9,14H2,1H3. The first-order valence-electron chi connectivity index (χ1n) is 6.00. The molecule has 0 amide bonds. The summed E-state index contributed by atoms with van der Waals surface area (Å²) >= 11 is 0. The lowest BCUT2D eigenvalue weighted by molar-refractivity contribution is 0.0860. The summed E-state index contributed by atoms with van der Waals surface area (Å²) in [7, 11) is 0. The van der Waals surface area contributed by atoms with Crippen LogP contribution < -0.4 is 10.6 Å². The predicted octanol–water partition coefficient (Wildman–Crippen LogP) is 1.87. The van der Waals surface area contributed by atoms with Crippen molar-refractivity contribution in [3.05, 3.63) is 24.3 Å². The molecule has 0 aliphatic carbocycles. The molecule has 0 saturated carbocycles. The molecule has 2 unspecified atom stereocenters. The third kappa shape index (κ3) is 2.14. The highest BCUT2D eigenvalue weighted by molar-refractivity contribution is 5.67. The Hall–Kier alpha value is -1.22. The SMILES string of the molecule is CCC1CN(c2ccccc2N)CCC1O. The van der Waals surface area contributed by atoms with E-state index in [9.17, 15) is 5.11 Å². The van der Waals surface area contributed by atoms with Crippen LogP contribution >= 0.6 is 0 Å². The maximum atomic E-state index is 9.85. The largest absolute Gasteiger partial charge is 0.397 e. The number of nitrogen functional groups attached to an aromatic ring is 1. The second kappa shape index (κ2) is 4.74. The number of rotatable bonds is 2. The van der Waals surface area contributed by atoms with E-state index in [4.69, 9.17) is 5.73 Å². The number of anilines is 2. The van der Waals surface area contributed by atoms with E-state index in [1.165, 1.54) is 0 Å². The fourth-order valence-corrected chi connectivity index (χ4v) is 2.42. The fraction of sp³-hybridized carbons (Fsp3) is 0.538. The van der Waals surface area contributed by atoms with E-state index < -0.39 is 0 Å². The molecule has 2 rings (SSSR count). The van der Waals surface area contributed by atoms with Crippen molar-refractivity contribution in [3.8, 4) is 0 Å². The summed E-state index contributed by atoms with van der Waals surface area (Å²) in [4.78, 5) is 2.29. The van der Waals surface area contributed by atoms with Gasteiger partial charge < -0.3 is 15.7 Å². The molecular weight excluding hydrogens is 200 g/mol. The summed E-state index contributed by atoms with van der Waals surface area (Å²) in [5.41, 5.74) is 7.90. The van der Waals surface area contributed by atoms with Crippen molar-refractivity contribution in [1.29, 1.82) is 0 Å². The Labute approximate surface area is 96.9 Å². The summed E-state index contributed by atoms with van der Waals surface area (Å²) in [6, 6.07) is 7.95. The molecule has 1 aromatic carbocycles. The van der Waals surface area contributed by atoms with Gasteiger partial charge in [0, 0.05) is 19.0 Å². The number of hydrogen-bond acceptors (Lipinski definition) is 3. The van der Waals surface area contributed by atoms with Gasteiger partial charge in [-0.25, -0.2) is 0 Å². The Balaban J connectivity index is 2.14. The highest BCUT2D eigenvalue weighted by Gasteiger charge is 2.26. The monoisotopic (exact) mass is 220 g/mol. The van der Waals surface area contributed by atoms with Crippen LogP contribution in [0.25, 0.3) is 0 Å². The Morgan fingerprint density at radius 1 is 1.44 bits per heavy atom. The van der Waals surface area contributed by atoms with Gasteiger partial charge in [0.05, 0.1) is 17.5 Å². The molecule has 0 bridgehead atoms. The maximum absolute atomic E-state index is 9.85. The average Bonchev–Trinajstić information content (AvgIpc) is 2.31. The minimum absolute atomic E-state index is 0.147. The van der Waals surface area contributed by atoms with E-state index in [2.05, 4.69) is 17.9 Å². The van der Waals surface area contributed by atoms with E-state index in [-0.39, 0.29) is 6.10 Å². The zero-order valence-corrected chi connectivity index (χ0v) is 9.76. The van der Waals surface area contributed by atoms with E-state index in [0.29, 0.717) is 5.92 Å². The van der Waals surface area contributed by atoms with Crippen molar-refractivity contribution in [2.45, 2.75) is 25.9 Å². The molecule has 1 heterocycles. The Morgan fingerprint density at radius 2 is 2.19 bits per heavy atom. The number of nitrogens with zero attached hydrogens (tertiary/aromatic N) is 1. The molecule has 3 heteroatoms. The molecular formula is C13H20N2O. The lowest BCUT2D eigenvalue weighted by Crippen LogP contribution is -2.43. The summed E-state index contributed by atoms with van der Waals surface area (Å²) < 4.78 is 0. The normalized spacial score (nSPS) is 25.8. The van der Waals surface area contributed by atoms with Gasteiger partial charge in [0.25, 0.3) is 0 Å². The smallest absolute Gasteiger partial charge is 0.0602 e. The molecule has 2 atom stereocenters. The molecule has 3 nitrogen and oxygen atoms in total. The second-order valence-corrected chi connectivity index (χ2v) is 4.53. The summed E-state index contributed by atoms with van der Waals surface area (Å²) in [6.45, 7) is 3.93. The summed E-state index contributed by atoms with van der Waals surface area (Å²) in [6.07, 6.45) is 1.71. The van der Waals surface area contributed by atoms with Crippen molar-refractivity contribution < 1.29 is 5.11 Å². The van der Waals surface area contributed by atoms with Gasteiger partial charge in [-0.3, -0.25) is 0 Å². The van der Waals surface area contributed by atoms with Crippen LogP contribution in [-0.4, -0.2) is 24.3 Å². The molecule has 0 radical (unpaired) electrons. The zero-order valence-electron chi connectivity index (χ0n) is 9.76. The van der Waals surface area contributed by atoms with Gasteiger partial charge >= 0.3 is 0 Å². The Morgan fingerprint density at radius 3 is 2.88 bits per heavy atom. The Kier molecular flexibility index (Phi) is 3.34. The highest BCUT2D eigenvalue weighted by atomic mass is 16.3. The lowest BCUT2D eigenvalue weighted by atomic mass is 9.92. The van der Waals surface area contributed by atoms with Crippen molar-refractivity contribution in [1.82, 2.24) is 0 Å². The number of hydrogen-bond donors (Lipinski definition) is 2. The van der Waals surface area contributed by atoms with Gasteiger partial charge in [0.2, 0.25) is 0 Å². The van der Waals surface area contributed by atoms with Gasteiger partial charge in [-0.2, -0.15) is 0 Å². The topological polar surface area (TPSA) is 49.5 Å². The molecule has 16 heavy (non-hydrogen) atoms. The molecule has 1 aliphatic heterocycles. The average molecular weight is 220 g/mol. The highest BCUT2D eigenvalue weighted by Crippen LogP contribution is 2.28. The minimum atomic E-state index is -0.147. The van der Waals surface area contributed by atoms with Crippen LogP contribution in [0.5, 0.6) is 0 Å². The number of benzene rings is 1. The van der Waals surface area contributed by atoms with Crippen LogP contribution in [0.4, 0.5) is 11.4 Å². The van der Waals surface area contributed by atoms with Crippen LogP contribution in [0.3, 0.4) is 0 Å². The number of piperidine rings is 1. The maximum Gasteiger partial charge on any atom is 0.0602 e. The van der Waals surface area contributed by atoms with Gasteiger partial charge in [-0.05, 0) is 25.0 Å². The number of para-hydroxylation sites is 2. The molecule has 88 valence electrons. The number of aliphatic hydroxyl groups is 1. The van der Waals surface area contributed by atoms with Crippen LogP contribution in [0, 0.1) is 5.92 Å². The van der Waals surface area contributed by atoms with E-state index >= 15 is 0 Å². The summed E-state index contributed by atoms with van der Waals surface area (Å²) in [5.74, 6) is 0.369. The molecule has 0 spiro atoms. The van der Waals surface area contributed by atoms with Gasteiger partial charge in [0.1, 0.15) is 0 Å². The Bertz CT molecular complexity index is 354.